The normalized spacial score (nSPS) is 21.0. The zero-order valence-electron chi connectivity index (χ0n) is 8.91. The van der Waals surface area contributed by atoms with Crippen molar-refractivity contribution in [2.75, 3.05) is 5.75 Å². The first kappa shape index (κ1) is 10.7. The summed E-state index contributed by atoms with van der Waals surface area (Å²) in [6, 6.07) is -0.0988. The van der Waals surface area contributed by atoms with Crippen molar-refractivity contribution in [2.45, 2.75) is 32.1 Å². The van der Waals surface area contributed by atoms with Gasteiger partial charge in [0.15, 0.2) is 9.84 Å². The Hall–Kier alpha value is -0.810. The van der Waals surface area contributed by atoms with Crippen LogP contribution in [0.1, 0.15) is 35.6 Å². The molecule has 2 heterocycles. The topological polar surface area (TPSA) is 73.3 Å². The third-order valence-electron chi connectivity index (χ3n) is 2.79. The SMILES string of the molecule is Cc1oc2c(c1C(C)N)CCS(=O)(=O)C2. The van der Waals surface area contributed by atoms with Gasteiger partial charge in [-0.3, -0.25) is 0 Å². The summed E-state index contributed by atoms with van der Waals surface area (Å²) in [4.78, 5) is 0. The molecule has 1 aromatic rings. The average Bonchev–Trinajstić information content (AvgIpc) is 2.37. The third-order valence-corrected chi connectivity index (χ3v) is 4.31. The van der Waals surface area contributed by atoms with Gasteiger partial charge < -0.3 is 10.2 Å². The number of sulfone groups is 1. The van der Waals surface area contributed by atoms with E-state index >= 15 is 0 Å². The van der Waals surface area contributed by atoms with Crippen LogP contribution in [0.3, 0.4) is 0 Å². The van der Waals surface area contributed by atoms with Crippen molar-refractivity contribution in [1.29, 1.82) is 0 Å². The van der Waals surface area contributed by atoms with Crippen LogP contribution in [0.15, 0.2) is 4.42 Å². The van der Waals surface area contributed by atoms with Crippen molar-refractivity contribution >= 4 is 9.84 Å². The second kappa shape index (κ2) is 3.35. The minimum Gasteiger partial charge on any atom is -0.465 e. The molecular weight excluding hydrogens is 214 g/mol. The maximum Gasteiger partial charge on any atom is 0.157 e. The lowest BCUT2D eigenvalue weighted by molar-refractivity contribution is 0.485. The van der Waals surface area contributed by atoms with Gasteiger partial charge in [-0.05, 0) is 20.3 Å². The van der Waals surface area contributed by atoms with Crippen LogP contribution in [0.4, 0.5) is 0 Å². The number of hydrogen-bond acceptors (Lipinski definition) is 4. The molecule has 1 aliphatic rings. The fraction of sp³-hybridized carbons (Fsp3) is 0.600. The van der Waals surface area contributed by atoms with Crippen molar-refractivity contribution < 1.29 is 12.8 Å². The minimum atomic E-state index is -2.96. The van der Waals surface area contributed by atoms with Gasteiger partial charge in [0.25, 0.3) is 0 Å². The average molecular weight is 229 g/mol. The lowest BCUT2D eigenvalue weighted by Crippen LogP contribution is -2.19. The number of fused-ring (bicyclic) bond motifs is 1. The molecule has 2 N–H and O–H groups in total. The summed E-state index contributed by atoms with van der Waals surface area (Å²) in [5.74, 6) is 1.58. The summed E-state index contributed by atoms with van der Waals surface area (Å²) in [7, 11) is -2.96. The van der Waals surface area contributed by atoms with E-state index in [2.05, 4.69) is 0 Å². The van der Waals surface area contributed by atoms with Crippen LogP contribution in [-0.4, -0.2) is 14.2 Å². The Morgan fingerprint density at radius 3 is 2.73 bits per heavy atom. The van der Waals surface area contributed by atoms with Crippen LogP contribution in [0.5, 0.6) is 0 Å². The van der Waals surface area contributed by atoms with E-state index in [1.54, 1.807) is 0 Å². The van der Waals surface area contributed by atoms with Gasteiger partial charge in [0.05, 0.1) is 5.75 Å². The maximum atomic E-state index is 11.4. The molecule has 0 fully saturated rings. The lowest BCUT2D eigenvalue weighted by atomic mass is 10.0. The van der Waals surface area contributed by atoms with Crippen LogP contribution in [0.25, 0.3) is 0 Å². The van der Waals surface area contributed by atoms with Gasteiger partial charge in [-0.2, -0.15) is 0 Å². The molecule has 0 saturated carbocycles. The summed E-state index contributed by atoms with van der Waals surface area (Å²) in [6.07, 6.45) is 0.534. The van der Waals surface area contributed by atoms with Crippen LogP contribution < -0.4 is 5.73 Å². The Morgan fingerprint density at radius 1 is 1.47 bits per heavy atom. The van der Waals surface area contributed by atoms with Crippen molar-refractivity contribution in [1.82, 2.24) is 0 Å². The van der Waals surface area contributed by atoms with E-state index in [4.69, 9.17) is 10.2 Å². The number of hydrogen-bond donors (Lipinski definition) is 1. The highest BCUT2D eigenvalue weighted by Gasteiger charge is 2.29. The number of rotatable bonds is 1. The molecular formula is C10H15NO3S. The van der Waals surface area contributed by atoms with Crippen LogP contribution in [-0.2, 0) is 22.0 Å². The monoisotopic (exact) mass is 229 g/mol. The number of furan rings is 1. The standard InChI is InChI=1S/C10H15NO3S/c1-6(11)10-7(2)14-9-5-15(12,13)4-3-8(9)10/h6H,3-5,11H2,1-2H3. The summed E-state index contributed by atoms with van der Waals surface area (Å²) in [5.41, 5.74) is 7.84. The fourth-order valence-electron chi connectivity index (χ4n) is 2.18. The zero-order valence-corrected chi connectivity index (χ0v) is 9.73. The highest BCUT2D eigenvalue weighted by molar-refractivity contribution is 7.90. The Bertz CT molecular complexity index is 485. The van der Waals surface area contributed by atoms with E-state index in [1.807, 2.05) is 13.8 Å². The molecule has 0 saturated heterocycles. The quantitative estimate of drug-likeness (QED) is 0.782. The van der Waals surface area contributed by atoms with E-state index in [-0.39, 0.29) is 17.5 Å². The van der Waals surface area contributed by atoms with Crippen molar-refractivity contribution in [3.8, 4) is 0 Å². The molecule has 4 nitrogen and oxygen atoms in total. The van der Waals surface area contributed by atoms with Gasteiger partial charge in [-0.25, -0.2) is 8.42 Å². The molecule has 0 radical (unpaired) electrons. The largest absolute Gasteiger partial charge is 0.465 e. The van der Waals surface area contributed by atoms with Gasteiger partial charge in [0, 0.05) is 17.2 Å². The van der Waals surface area contributed by atoms with Gasteiger partial charge >= 0.3 is 0 Å². The van der Waals surface area contributed by atoms with Crippen molar-refractivity contribution in [3.63, 3.8) is 0 Å². The molecule has 0 bridgehead atoms. The van der Waals surface area contributed by atoms with Crippen LogP contribution >= 0.6 is 0 Å². The van der Waals surface area contributed by atoms with E-state index in [9.17, 15) is 8.42 Å². The number of aryl methyl sites for hydroxylation is 1. The van der Waals surface area contributed by atoms with Gasteiger partial charge in [0.1, 0.15) is 17.3 Å². The molecule has 84 valence electrons. The van der Waals surface area contributed by atoms with Crippen molar-refractivity contribution in [3.05, 3.63) is 22.6 Å². The highest BCUT2D eigenvalue weighted by atomic mass is 32.2. The van der Waals surface area contributed by atoms with E-state index in [0.717, 1.165) is 16.9 Å². The molecule has 0 aliphatic carbocycles. The molecule has 1 atom stereocenters. The Labute approximate surface area is 89.4 Å². The zero-order chi connectivity index (χ0) is 11.2. The van der Waals surface area contributed by atoms with Gasteiger partial charge in [0.2, 0.25) is 0 Å². The molecule has 2 rings (SSSR count). The molecule has 0 amide bonds. The van der Waals surface area contributed by atoms with Crippen LogP contribution in [0.2, 0.25) is 0 Å². The van der Waals surface area contributed by atoms with Crippen molar-refractivity contribution in [2.24, 2.45) is 5.73 Å². The predicted octanol–water partition coefficient (Wildman–Crippen LogP) is 1.08. The summed E-state index contributed by atoms with van der Waals surface area (Å²) in [6.45, 7) is 3.73. The minimum absolute atomic E-state index is 0.0237. The number of nitrogens with two attached hydrogens (primary N) is 1. The van der Waals surface area contributed by atoms with E-state index in [0.29, 0.717) is 12.2 Å². The first-order valence-corrected chi connectivity index (χ1v) is 6.80. The first-order chi connectivity index (χ1) is 6.91. The van der Waals surface area contributed by atoms with Gasteiger partial charge in [-0.1, -0.05) is 0 Å². The summed E-state index contributed by atoms with van der Waals surface area (Å²) < 4.78 is 28.3. The second-order valence-corrected chi connectivity index (χ2v) is 6.29. The Balaban J connectivity index is 2.53. The molecule has 1 unspecified atom stereocenters. The predicted molar refractivity (Wildman–Crippen MR) is 57.2 cm³/mol. The lowest BCUT2D eigenvalue weighted by Gasteiger charge is -2.13. The molecule has 0 aromatic carbocycles. The Kier molecular flexibility index (Phi) is 2.39. The fourth-order valence-corrected chi connectivity index (χ4v) is 3.47. The second-order valence-electron chi connectivity index (χ2n) is 4.10. The third kappa shape index (κ3) is 1.81. The first-order valence-electron chi connectivity index (χ1n) is 4.98. The van der Waals surface area contributed by atoms with Gasteiger partial charge in [-0.15, -0.1) is 0 Å². The smallest absolute Gasteiger partial charge is 0.157 e. The summed E-state index contributed by atoms with van der Waals surface area (Å²) >= 11 is 0. The molecule has 5 heteroatoms. The Morgan fingerprint density at radius 2 is 2.13 bits per heavy atom. The van der Waals surface area contributed by atoms with E-state index < -0.39 is 9.84 Å². The summed E-state index contributed by atoms with van der Waals surface area (Å²) in [5, 5.41) is 0. The van der Waals surface area contributed by atoms with Crippen LogP contribution in [0, 0.1) is 6.92 Å². The molecule has 15 heavy (non-hydrogen) atoms. The molecule has 1 aliphatic heterocycles. The highest BCUT2D eigenvalue weighted by Crippen LogP contribution is 2.31. The maximum absolute atomic E-state index is 11.4. The molecule has 0 spiro atoms. The van der Waals surface area contributed by atoms with E-state index in [1.165, 1.54) is 0 Å². The molecule has 1 aromatic heterocycles.